The van der Waals surface area contributed by atoms with E-state index >= 15 is 0 Å². The summed E-state index contributed by atoms with van der Waals surface area (Å²) in [6, 6.07) is 0. The highest BCUT2D eigenvalue weighted by Crippen LogP contribution is 2.45. The van der Waals surface area contributed by atoms with Crippen LogP contribution in [0.15, 0.2) is 4.99 Å². The molecule has 0 radical (unpaired) electrons. The summed E-state index contributed by atoms with van der Waals surface area (Å²) in [4.78, 5) is 12.1. The highest BCUT2D eigenvalue weighted by molar-refractivity contribution is 14.0. The summed E-state index contributed by atoms with van der Waals surface area (Å²) in [5.41, 5.74) is 0.614. The molecule has 3 aliphatic rings. The first kappa shape index (κ1) is 21.2. The van der Waals surface area contributed by atoms with Gasteiger partial charge in [-0.15, -0.1) is 24.0 Å². The van der Waals surface area contributed by atoms with Crippen LogP contribution in [0.4, 0.5) is 0 Å². The summed E-state index contributed by atoms with van der Waals surface area (Å²) >= 11 is 0. The number of piperazine rings is 1. The van der Waals surface area contributed by atoms with Gasteiger partial charge in [0.25, 0.3) is 0 Å². The summed E-state index contributed by atoms with van der Waals surface area (Å²) < 4.78 is 0. The molecule has 0 bridgehead atoms. The highest BCUT2D eigenvalue weighted by Gasteiger charge is 2.41. The number of halogens is 1. The standard InChI is InChI=1S/C19H37N5.HI/c1-17(15-23-12-10-22(3)11-13-23)14-21-18(20-2)24-9-8-19(16-24)6-4-5-7-19;/h17H,4-16H2,1-3H3,(H,20,21);1H. The van der Waals surface area contributed by atoms with Crippen LogP contribution >= 0.6 is 24.0 Å². The molecule has 25 heavy (non-hydrogen) atoms. The molecule has 5 nitrogen and oxygen atoms in total. The fraction of sp³-hybridized carbons (Fsp3) is 0.947. The average molecular weight is 463 g/mol. The van der Waals surface area contributed by atoms with Gasteiger partial charge in [0.15, 0.2) is 5.96 Å². The lowest BCUT2D eigenvalue weighted by Crippen LogP contribution is -2.48. The van der Waals surface area contributed by atoms with Crippen molar-refractivity contribution in [1.29, 1.82) is 0 Å². The van der Waals surface area contributed by atoms with E-state index in [1.165, 1.54) is 77.9 Å². The molecule has 0 amide bonds. The third-order valence-corrected chi connectivity index (χ3v) is 6.39. The van der Waals surface area contributed by atoms with E-state index in [1.807, 2.05) is 7.05 Å². The molecule has 2 heterocycles. The van der Waals surface area contributed by atoms with Crippen LogP contribution in [0, 0.1) is 11.3 Å². The van der Waals surface area contributed by atoms with Crippen LogP contribution in [-0.2, 0) is 0 Å². The Morgan fingerprint density at radius 1 is 1.08 bits per heavy atom. The van der Waals surface area contributed by atoms with Crippen molar-refractivity contribution in [3.8, 4) is 0 Å². The van der Waals surface area contributed by atoms with Gasteiger partial charge in [-0.2, -0.15) is 0 Å². The van der Waals surface area contributed by atoms with Crippen molar-refractivity contribution in [3.63, 3.8) is 0 Å². The molecular weight excluding hydrogens is 425 g/mol. The normalized spacial score (nSPS) is 26.0. The van der Waals surface area contributed by atoms with E-state index in [4.69, 9.17) is 0 Å². The van der Waals surface area contributed by atoms with Crippen molar-refractivity contribution < 1.29 is 0 Å². The maximum Gasteiger partial charge on any atom is 0.193 e. The summed E-state index contributed by atoms with van der Waals surface area (Å²) in [5.74, 6) is 1.79. The molecule has 1 spiro atoms. The lowest BCUT2D eigenvalue weighted by atomic mass is 9.86. The van der Waals surface area contributed by atoms with Gasteiger partial charge >= 0.3 is 0 Å². The average Bonchev–Trinajstić information content (AvgIpc) is 3.21. The first-order valence-corrected chi connectivity index (χ1v) is 9.97. The van der Waals surface area contributed by atoms with Gasteiger partial charge in [-0.3, -0.25) is 4.99 Å². The smallest absolute Gasteiger partial charge is 0.193 e. The topological polar surface area (TPSA) is 34.1 Å². The molecule has 1 saturated carbocycles. The maximum absolute atomic E-state index is 4.56. The molecule has 1 N–H and O–H groups in total. The van der Waals surface area contributed by atoms with Gasteiger partial charge in [0, 0.05) is 59.4 Å². The quantitative estimate of drug-likeness (QED) is 0.394. The summed E-state index contributed by atoms with van der Waals surface area (Å²) in [5, 5.41) is 3.65. The van der Waals surface area contributed by atoms with E-state index < -0.39 is 0 Å². The zero-order chi connectivity index (χ0) is 17.0. The van der Waals surface area contributed by atoms with Crippen molar-refractivity contribution >= 4 is 29.9 Å². The van der Waals surface area contributed by atoms with E-state index in [0.29, 0.717) is 11.3 Å². The number of rotatable bonds is 4. The van der Waals surface area contributed by atoms with E-state index in [-0.39, 0.29) is 24.0 Å². The van der Waals surface area contributed by atoms with Gasteiger partial charge in [-0.1, -0.05) is 19.8 Å². The van der Waals surface area contributed by atoms with Crippen LogP contribution in [-0.4, -0.2) is 87.1 Å². The number of hydrogen-bond acceptors (Lipinski definition) is 3. The summed E-state index contributed by atoms with van der Waals surface area (Å²) in [6.45, 7) is 11.8. The predicted molar refractivity (Wildman–Crippen MR) is 117 cm³/mol. The Morgan fingerprint density at radius 3 is 2.40 bits per heavy atom. The molecule has 146 valence electrons. The summed E-state index contributed by atoms with van der Waals surface area (Å²) in [7, 11) is 4.16. The fourth-order valence-corrected chi connectivity index (χ4v) is 4.78. The number of nitrogens with one attached hydrogen (secondary N) is 1. The van der Waals surface area contributed by atoms with Gasteiger partial charge in [0.05, 0.1) is 0 Å². The molecule has 6 heteroatoms. The molecule has 0 aromatic heterocycles. The maximum atomic E-state index is 4.56. The van der Waals surface area contributed by atoms with E-state index in [1.54, 1.807) is 0 Å². The monoisotopic (exact) mass is 463 g/mol. The third kappa shape index (κ3) is 5.70. The van der Waals surface area contributed by atoms with Gasteiger partial charge in [-0.05, 0) is 37.6 Å². The van der Waals surface area contributed by atoms with Gasteiger partial charge in [0.1, 0.15) is 0 Å². The number of likely N-dealkylation sites (N-methyl/N-ethyl adjacent to an activating group) is 1. The Labute approximate surface area is 171 Å². The number of guanidine groups is 1. The first-order chi connectivity index (χ1) is 11.6. The molecule has 2 aliphatic heterocycles. The van der Waals surface area contributed by atoms with Crippen LogP contribution in [0.25, 0.3) is 0 Å². The second-order valence-corrected chi connectivity index (χ2v) is 8.52. The van der Waals surface area contributed by atoms with Gasteiger partial charge in [-0.25, -0.2) is 0 Å². The second kappa shape index (κ2) is 9.74. The van der Waals surface area contributed by atoms with E-state index in [2.05, 4.69) is 39.0 Å². The highest BCUT2D eigenvalue weighted by atomic mass is 127. The molecule has 0 aromatic rings. The predicted octanol–water partition coefficient (Wildman–Crippen LogP) is 2.33. The lowest BCUT2D eigenvalue weighted by Gasteiger charge is -2.34. The van der Waals surface area contributed by atoms with Crippen LogP contribution in [0.3, 0.4) is 0 Å². The first-order valence-electron chi connectivity index (χ1n) is 9.97. The minimum Gasteiger partial charge on any atom is -0.356 e. The Kier molecular flexibility index (Phi) is 8.27. The number of nitrogens with zero attached hydrogens (tertiary/aromatic N) is 4. The van der Waals surface area contributed by atoms with Gasteiger partial charge < -0.3 is 20.0 Å². The van der Waals surface area contributed by atoms with Crippen LogP contribution in [0.5, 0.6) is 0 Å². The zero-order valence-electron chi connectivity index (χ0n) is 16.5. The largest absolute Gasteiger partial charge is 0.356 e. The molecule has 0 aromatic carbocycles. The summed E-state index contributed by atoms with van der Waals surface area (Å²) in [6.07, 6.45) is 7.09. The van der Waals surface area contributed by atoms with Crippen LogP contribution < -0.4 is 5.32 Å². The van der Waals surface area contributed by atoms with Crippen LogP contribution in [0.2, 0.25) is 0 Å². The van der Waals surface area contributed by atoms with Crippen molar-refractivity contribution in [2.45, 2.75) is 39.0 Å². The van der Waals surface area contributed by atoms with E-state index in [0.717, 1.165) is 12.5 Å². The number of likely N-dealkylation sites (tertiary alicyclic amines) is 1. The zero-order valence-corrected chi connectivity index (χ0v) is 18.8. The Bertz CT molecular complexity index is 428. The van der Waals surface area contributed by atoms with E-state index in [9.17, 15) is 0 Å². The molecular formula is C19H38IN5. The number of hydrogen-bond donors (Lipinski definition) is 1. The molecule has 2 saturated heterocycles. The minimum atomic E-state index is 0. The Morgan fingerprint density at radius 2 is 1.76 bits per heavy atom. The van der Waals surface area contributed by atoms with Gasteiger partial charge in [0.2, 0.25) is 0 Å². The molecule has 1 unspecified atom stereocenters. The van der Waals surface area contributed by atoms with Crippen molar-refractivity contribution in [1.82, 2.24) is 20.0 Å². The third-order valence-electron chi connectivity index (χ3n) is 6.39. The second-order valence-electron chi connectivity index (χ2n) is 8.52. The Balaban J connectivity index is 0.00000225. The van der Waals surface area contributed by atoms with Crippen molar-refractivity contribution in [3.05, 3.63) is 0 Å². The molecule has 1 aliphatic carbocycles. The lowest BCUT2D eigenvalue weighted by molar-refractivity contribution is 0.139. The van der Waals surface area contributed by atoms with Crippen molar-refractivity contribution in [2.24, 2.45) is 16.3 Å². The molecule has 3 rings (SSSR count). The fourth-order valence-electron chi connectivity index (χ4n) is 4.78. The molecule has 1 atom stereocenters. The SMILES string of the molecule is CN=C(NCC(C)CN1CCN(C)CC1)N1CCC2(CCCC2)C1.I. The molecule has 3 fully saturated rings. The Hall–Kier alpha value is -0.0800. The minimum absolute atomic E-state index is 0. The number of aliphatic imine (C=N–C) groups is 1. The van der Waals surface area contributed by atoms with Crippen molar-refractivity contribution in [2.75, 3.05) is 66.5 Å². The van der Waals surface area contributed by atoms with Crippen LogP contribution in [0.1, 0.15) is 39.0 Å².